The molecule has 0 unspecified atom stereocenters. The van der Waals surface area contributed by atoms with Crippen LogP contribution in [-0.4, -0.2) is 35.8 Å². The molecule has 0 radical (unpaired) electrons. The van der Waals surface area contributed by atoms with Gasteiger partial charge in [-0.3, -0.25) is 9.59 Å². The number of H-pyrrole nitrogens is 1. The largest absolute Gasteiger partial charge is 0.461 e. The summed E-state index contributed by atoms with van der Waals surface area (Å²) in [6, 6.07) is 15.7. The number of ether oxygens (including phenoxy) is 1. The third-order valence-electron chi connectivity index (χ3n) is 3.91. The number of esters is 1. The number of aromatic amines is 1. The van der Waals surface area contributed by atoms with Gasteiger partial charge in [-0.25, -0.2) is 4.79 Å². The van der Waals surface area contributed by atoms with Gasteiger partial charge in [0.25, 0.3) is 5.91 Å². The van der Waals surface area contributed by atoms with E-state index in [4.69, 9.17) is 4.74 Å². The first-order valence-electron chi connectivity index (χ1n) is 8.26. The standard InChI is InChI=1S/C20H18N2O4/c1-2-26-20(25)18-17(14-10-6-7-11-15(14)22-18)16(23)12-21-19(24)13-8-4-3-5-9-13/h3-11,22H,2,12H2,1H3,(H,21,24). The van der Waals surface area contributed by atoms with E-state index >= 15 is 0 Å². The molecule has 1 amide bonds. The van der Waals surface area contributed by atoms with Crippen molar-refractivity contribution in [1.29, 1.82) is 0 Å². The Morgan fingerprint density at radius 2 is 1.69 bits per heavy atom. The second-order valence-electron chi connectivity index (χ2n) is 5.61. The van der Waals surface area contributed by atoms with Crippen molar-refractivity contribution in [3.8, 4) is 0 Å². The van der Waals surface area contributed by atoms with E-state index in [0.29, 0.717) is 16.5 Å². The molecule has 0 fully saturated rings. The first-order valence-corrected chi connectivity index (χ1v) is 8.26. The number of aromatic nitrogens is 1. The molecule has 1 heterocycles. The number of benzene rings is 2. The molecule has 6 nitrogen and oxygen atoms in total. The predicted molar refractivity (Wildman–Crippen MR) is 97.4 cm³/mol. The maximum Gasteiger partial charge on any atom is 0.355 e. The minimum Gasteiger partial charge on any atom is -0.461 e. The van der Waals surface area contributed by atoms with Crippen molar-refractivity contribution in [2.45, 2.75) is 6.92 Å². The zero-order valence-corrected chi connectivity index (χ0v) is 14.2. The predicted octanol–water partition coefficient (Wildman–Crippen LogP) is 2.96. The van der Waals surface area contributed by atoms with Gasteiger partial charge in [0.05, 0.1) is 18.7 Å². The molecule has 0 aliphatic rings. The maximum absolute atomic E-state index is 12.7. The highest BCUT2D eigenvalue weighted by atomic mass is 16.5. The lowest BCUT2D eigenvalue weighted by Crippen LogP contribution is -2.30. The first kappa shape index (κ1) is 17.4. The normalized spacial score (nSPS) is 10.5. The highest BCUT2D eigenvalue weighted by molar-refractivity contribution is 6.16. The van der Waals surface area contributed by atoms with Crippen LogP contribution < -0.4 is 5.32 Å². The van der Waals surface area contributed by atoms with E-state index in [1.54, 1.807) is 61.5 Å². The van der Waals surface area contributed by atoms with E-state index in [0.717, 1.165) is 0 Å². The number of hydrogen-bond acceptors (Lipinski definition) is 4. The summed E-state index contributed by atoms with van der Waals surface area (Å²) >= 11 is 0. The summed E-state index contributed by atoms with van der Waals surface area (Å²) in [5, 5.41) is 3.22. The lowest BCUT2D eigenvalue weighted by molar-refractivity contribution is 0.0517. The van der Waals surface area contributed by atoms with Crippen molar-refractivity contribution < 1.29 is 19.1 Å². The number of carbonyl (C=O) groups excluding carboxylic acids is 3. The summed E-state index contributed by atoms with van der Waals surface area (Å²) in [5.41, 5.74) is 1.46. The average Bonchev–Trinajstić information content (AvgIpc) is 3.06. The molecule has 2 N–H and O–H groups in total. The van der Waals surface area contributed by atoms with Crippen molar-refractivity contribution in [1.82, 2.24) is 10.3 Å². The Labute approximate surface area is 150 Å². The molecule has 0 aliphatic carbocycles. The molecular weight excluding hydrogens is 332 g/mol. The SMILES string of the molecule is CCOC(=O)c1[nH]c2ccccc2c1C(=O)CNC(=O)c1ccccc1. The van der Waals surface area contributed by atoms with E-state index in [1.807, 2.05) is 0 Å². The second-order valence-corrected chi connectivity index (χ2v) is 5.61. The topological polar surface area (TPSA) is 88.3 Å². The van der Waals surface area contributed by atoms with Crippen LogP contribution in [-0.2, 0) is 4.74 Å². The Morgan fingerprint density at radius 3 is 2.42 bits per heavy atom. The van der Waals surface area contributed by atoms with E-state index in [-0.39, 0.29) is 36.1 Å². The minimum absolute atomic E-state index is 0.104. The molecule has 3 rings (SSSR count). The molecule has 2 aromatic carbocycles. The monoisotopic (exact) mass is 350 g/mol. The smallest absolute Gasteiger partial charge is 0.355 e. The Balaban J connectivity index is 1.86. The average molecular weight is 350 g/mol. The van der Waals surface area contributed by atoms with Crippen molar-refractivity contribution in [2.75, 3.05) is 13.2 Å². The van der Waals surface area contributed by atoms with Crippen LogP contribution in [0.15, 0.2) is 54.6 Å². The minimum atomic E-state index is -0.596. The second kappa shape index (κ2) is 7.65. The fraction of sp³-hybridized carbons (Fsp3) is 0.150. The van der Waals surface area contributed by atoms with Crippen molar-refractivity contribution in [3.05, 3.63) is 71.4 Å². The van der Waals surface area contributed by atoms with Crippen LogP contribution in [0.3, 0.4) is 0 Å². The fourth-order valence-corrected chi connectivity index (χ4v) is 2.73. The number of rotatable bonds is 6. The first-order chi connectivity index (χ1) is 12.6. The highest BCUT2D eigenvalue weighted by Gasteiger charge is 2.24. The molecule has 6 heteroatoms. The summed E-state index contributed by atoms with van der Waals surface area (Å²) in [7, 11) is 0. The lowest BCUT2D eigenvalue weighted by Gasteiger charge is -2.06. The summed E-state index contributed by atoms with van der Waals surface area (Å²) in [6.45, 7) is 1.68. The van der Waals surface area contributed by atoms with E-state index in [2.05, 4.69) is 10.3 Å². The van der Waals surface area contributed by atoms with Crippen LogP contribution in [0.5, 0.6) is 0 Å². The molecule has 0 aliphatic heterocycles. The summed E-state index contributed by atoms with van der Waals surface area (Å²) in [4.78, 5) is 40.0. The summed E-state index contributed by atoms with van der Waals surface area (Å²) in [6.07, 6.45) is 0. The zero-order chi connectivity index (χ0) is 18.5. The molecule has 132 valence electrons. The Morgan fingerprint density at radius 1 is 1.00 bits per heavy atom. The fourth-order valence-electron chi connectivity index (χ4n) is 2.73. The molecule has 0 atom stereocenters. The van der Waals surface area contributed by atoms with Gasteiger partial charge in [0.15, 0.2) is 5.78 Å². The maximum atomic E-state index is 12.7. The number of para-hydroxylation sites is 1. The zero-order valence-electron chi connectivity index (χ0n) is 14.2. The Kier molecular flexibility index (Phi) is 5.12. The van der Waals surface area contributed by atoms with Crippen LogP contribution in [0.25, 0.3) is 10.9 Å². The van der Waals surface area contributed by atoms with Crippen molar-refractivity contribution in [2.24, 2.45) is 0 Å². The van der Waals surface area contributed by atoms with Crippen LogP contribution in [0.2, 0.25) is 0 Å². The number of amides is 1. The molecule has 0 saturated heterocycles. The van der Waals surface area contributed by atoms with Gasteiger partial charge in [-0.2, -0.15) is 0 Å². The van der Waals surface area contributed by atoms with Crippen LogP contribution in [0.4, 0.5) is 0 Å². The third kappa shape index (κ3) is 3.49. The summed E-state index contributed by atoms with van der Waals surface area (Å²) < 4.78 is 5.03. The Bertz CT molecular complexity index is 960. The number of hydrogen-bond donors (Lipinski definition) is 2. The van der Waals surface area contributed by atoms with Gasteiger partial charge in [-0.15, -0.1) is 0 Å². The van der Waals surface area contributed by atoms with Crippen molar-refractivity contribution in [3.63, 3.8) is 0 Å². The summed E-state index contributed by atoms with van der Waals surface area (Å²) in [5.74, 6) is -1.31. The Hall–Kier alpha value is -3.41. The number of carbonyl (C=O) groups is 3. The van der Waals surface area contributed by atoms with E-state index < -0.39 is 5.97 Å². The molecular formula is C20H18N2O4. The van der Waals surface area contributed by atoms with Gasteiger partial charge < -0.3 is 15.0 Å². The van der Waals surface area contributed by atoms with E-state index in [9.17, 15) is 14.4 Å². The van der Waals surface area contributed by atoms with Gasteiger partial charge in [0, 0.05) is 16.5 Å². The molecule has 0 bridgehead atoms. The van der Waals surface area contributed by atoms with E-state index in [1.165, 1.54) is 0 Å². The van der Waals surface area contributed by atoms with Crippen LogP contribution >= 0.6 is 0 Å². The molecule has 1 aromatic heterocycles. The molecule has 0 spiro atoms. The molecule has 26 heavy (non-hydrogen) atoms. The van der Waals surface area contributed by atoms with Gasteiger partial charge in [-0.1, -0.05) is 36.4 Å². The number of ketones is 1. The number of fused-ring (bicyclic) bond motifs is 1. The third-order valence-corrected chi connectivity index (χ3v) is 3.91. The van der Waals surface area contributed by atoms with Gasteiger partial charge in [0.1, 0.15) is 5.69 Å². The lowest BCUT2D eigenvalue weighted by atomic mass is 10.1. The number of Topliss-reactive ketones (excluding diaryl/α,β-unsaturated/α-hetero) is 1. The van der Waals surface area contributed by atoms with Crippen LogP contribution in [0, 0.1) is 0 Å². The number of nitrogens with one attached hydrogen (secondary N) is 2. The highest BCUT2D eigenvalue weighted by Crippen LogP contribution is 2.23. The quantitative estimate of drug-likeness (QED) is 0.528. The van der Waals surface area contributed by atoms with Crippen molar-refractivity contribution >= 4 is 28.6 Å². The van der Waals surface area contributed by atoms with Gasteiger partial charge in [-0.05, 0) is 25.1 Å². The van der Waals surface area contributed by atoms with Crippen LogP contribution in [0.1, 0.15) is 38.1 Å². The molecule has 3 aromatic rings. The van der Waals surface area contributed by atoms with Gasteiger partial charge in [0.2, 0.25) is 0 Å². The van der Waals surface area contributed by atoms with Gasteiger partial charge >= 0.3 is 5.97 Å². The molecule has 0 saturated carbocycles.